The van der Waals surface area contributed by atoms with E-state index in [1.54, 1.807) is 61.5 Å². The third-order valence-electron chi connectivity index (χ3n) is 20.5. The lowest BCUT2D eigenvalue weighted by Crippen LogP contribution is -2.47. The number of nitrogens with zero attached hydrogens (tertiary/aromatic N) is 8. The number of nitrogens with two attached hydrogens (primary N) is 1. The Labute approximate surface area is 854 Å². The highest BCUT2D eigenvalue weighted by atomic mass is 79.9. The third-order valence-corrected chi connectivity index (χ3v) is 29.9. The Hall–Kier alpha value is -8.92. The van der Waals surface area contributed by atoms with E-state index >= 15 is 0 Å². The molecule has 17 rings (SSSR count). The van der Waals surface area contributed by atoms with Gasteiger partial charge in [-0.05, 0) is 182 Å². The number of guanidine groups is 1. The molecule has 12 aromatic carbocycles. The zero-order valence-corrected chi connectivity index (χ0v) is 85.7. The summed E-state index contributed by atoms with van der Waals surface area (Å²) in [6.07, 6.45) is 0.500. The SMILES string of the molecule is C.COC(=O)[C@](C)(N)Cc1ccc(Br)cc1.C[C@]1(Cc2ccc(Br)cc2)NC(=NCC2OCCO2)N(c2cc(Cl)cc(Cl)c2)C1=O.C[C@]1(Cc2ccc(Br)cc2)NC(=S)N(c2cc(Cl)cc(Cl)c2)C1=O.S=C=Nc1cc(Cl)cc(Cl)c1.[N-]=[N+]=NCC1OCCO1.c1ccc(P(=NCC2OCCO2)(c2ccccc2)c2ccccc2)cc1.c1ccc(P(c2ccccc2)c2ccccc2)cc1. The smallest absolute Gasteiger partial charge is 0.325 e. The fourth-order valence-corrected chi connectivity index (χ4v) is 23.1. The van der Waals surface area contributed by atoms with Crippen molar-refractivity contribution in [1.82, 2.24) is 10.6 Å². The van der Waals surface area contributed by atoms with Crippen LogP contribution in [0.2, 0.25) is 30.1 Å². The fourth-order valence-electron chi connectivity index (χ4n) is 14.3. The van der Waals surface area contributed by atoms with Crippen molar-refractivity contribution >= 4 is 240 Å². The number of benzene rings is 12. The number of hydrogen-bond donors (Lipinski definition) is 3. The highest BCUT2D eigenvalue weighted by molar-refractivity contribution is 9.11. The Morgan fingerprint density at radius 1 is 0.511 bits per heavy atom. The molecule has 3 atom stereocenters. The van der Waals surface area contributed by atoms with Crippen LogP contribution in [0, 0.1) is 0 Å². The van der Waals surface area contributed by atoms with Crippen LogP contribution in [-0.2, 0) is 66.8 Å². The van der Waals surface area contributed by atoms with Crippen LogP contribution in [0.5, 0.6) is 0 Å². The second-order valence-corrected chi connectivity index (χ2v) is 42.1. The van der Waals surface area contributed by atoms with E-state index in [0.29, 0.717) is 124 Å². The maximum atomic E-state index is 13.6. The molecule has 0 aromatic heterocycles. The van der Waals surface area contributed by atoms with Crippen LogP contribution in [0.4, 0.5) is 17.1 Å². The van der Waals surface area contributed by atoms with E-state index in [1.807, 2.05) is 86.6 Å². The third kappa shape index (κ3) is 32.1. The summed E-state index contributed by atoms with van der Waals surface area (Å²) in [7, 11) is -1.24. The van der Waals surface area contributed by atoms with Crippen molar-refractivity contribution in [2.45, 2.75) is 82.9 Å². The number of aliphatic imine (C=N–C) groups is 2. The van der Waals surface area contributed by atoms with Gasteiger partial charge in [0.1, 0.15) is 16.6 Å². The van der Waals surface area contributed by atoms with Crippen LogP contribution in [0.25, 0.3) is 10.4 Å². The molecule has 5 saturated heterocycles. The van der Waals surface area contributed by atoms with E-state index < -0.39 is 43.9 Å². The number of methoxy groups -OCH3 is 1. The lowest BCUT2D eigenvalue weighted by Gasteiger charge is -2.27. The Bertz CT molecular complexity index is 5830. The number of hydrogen-bond acceptors (Lipinski definition) is 17. The molecule has 5 aliphatic heterocycles. The standard InChI is InChI=1S/C22H22NO2P.C21H20BrCl2N3O3.C18H15P.C17H13BrCl2N2OS.C11H14BrNO2.C7H3Cl2NS.C4H7N3O2.CH4/c1-4-10-19(11-5-1)26(20-12-6-2-7-13-20,21-14-8-3-9-15-21)23-18-22-24-16-17-25-22;1-21(11-13-2-4-14(22)5-3-13)19(28)27(17-9-15(23)8-16(24)10-17)20(26-21)25-12-18-29-6-7-30-18;1-4-10-16(11-5-1)19(17-12-6-2-7-13-17)18-14-8-3-9-15-18;1-17(9-10-2-4-11(18)5-3-10)15(23)22(16(24)21-17)14-7-12(19)6-13(20)8-14;1-11(13,10(14)15-2)7-8-3-5-9(12)6-4-8;8-5-1-6(9)3-7(2-5)10-4-11;5-7-6-3-4-8-1-2-9-4;/h1-15,22H,16-18H2;2-5,8-10,18H,6-7,11-12H2,1H3,(H,25,26);1-15H;2-8H,9H2,1H3,(H,21,24);3-6H,7,13H2,1-2H3;1-3H;4H,1-3H2;1H4/t;21-;;17-;11-;;;/m.1.11.../s1. The molecule has 21 nitrogen and oxygen atoms in total. The molecule has 2 amide bonds. The minimum atomic E-state index is -2.14. The zero-order valence-electron chi connectivity index (χ0n) is 73.0. The zero-order chi connectivity index (χ0) is 95.6. The quantitative estimate of drug-likeness (QED) is 0.0108. The summed E-state index contributed by atoms with van der Waals surface area (Å²) in [5.74, 6) is -0.257. The Morgan fingerprint density at radius 2 is 0.837 bits per heavy atom. The number of ether oxygens (including phenoxy) is 7. The van der Waals surface area contributed by atoms with Crippen molar-refractivity contribution in [3.8, 4) is 0 Å². The second kappa shape index (κ2) is 53.9. The first kappa shape index (κ1) is 108. The first-order valence-electron chi connectivity index (χ1n) is 41.9. The molecule has 0 spiro atoms. The van der Waals surface area contributed by atoms with Crippen LogP contribution in [0.3, 0.4) is 0 Å². The summed E-state index contributed by atoms with van der Waals surface area (Å²) >= 11 is 55.8. The van der Waals surface area contributed by atoms with Crippen molar-refractivity contribution < 1.29 is 47.5 Å². The summed E-state index contributed by atoms with van der Waals surface area (Å²) in [6, 6.07) is 103. The molecule has 0 radical (unpaired) electrons. The van der Waals surface area contributed by atoms with Gasteiger partial charge in [-0.15, -0.1) is 0 Å². The molecule has 135 heavy (non-hydrogen) atoms. The number of carbonyl (C=O) groups excluding carboxylic acids is 3. The maximum Gasteiger partial charge on any atom is 0.325 e. The monoisotopic (exact) mass is 2200 g/mol. The summed E-state index contributed by atoms with van der Waals surface area (Å²) in [6.45, 7) is 10.0. The Kier molecular flexibility index (Phi) is 43.1. The number of isothiocyanates is 1. The molecule has 4 N–H and O–H groups in total. The molecule has 702 valence electrons. The summed E-state index contributed by atoms with van der Waals surface area (Å²) < 4.78 is 45.1. The van der Waals surface area contributed by atoms with Crippen LogP contribution in [-0.4, -0.2) is 136 Å². The van der Waals surface area contributed by atoms with Gasteiger partial charge < -0.3 is 49.5 Å². The highest BCUT2D eigenvalue weighted by Crippen LogP contribution is 2.47. The minimum Gasteiger partial charge on any atom is -0.468 e. The van der Waals surface area contributed by atoms with Gasteiger partial charge in [-0.25, -0.2) is 9.89 Å². The van der Waals surface area contributed by atoms with E-state index in [9.17, 15) is 14.4 Å². The number of nitrogens with one attached hydrogen (secondary N) is 2. The van der Waals surface area contributed by atoms with Gasteiger partial charge in [0.15, 0.2) is 24.0 Å². The predicted octanol–water partition coefficient (Wildman–Crippen LogP) is 23.3. The van der Waals surface area contributed by atoms with E-state index in [4.69, 9.17) is 126 Å². The topological polar surface area (TPSA) is 258 Å². The van der Waals surface area contributed by atoms with E-state index in [-0.39, 0.29) is 44.9 Å². The van der Waals surface area contributed by atoms with Crippen molar-refractivity contribution in [2.24, 2.45) is 25.6 Å². The average Bonchev–Trinajstić information content (AvgIpc) is 1.69. The van der Waals surface area contributed by atoms with Crippen LogP contribution < -0.4 is 58.0 Å². The molecule has 0 unspecified atom stereocenters. The van der Waals surface area contributed by atoms with Crippen LogP contribution >= 0.6 is 157 Å². The van der Waals surface area contributed by atoms with Crippen LogP contribution in [0.15, 0.2) is 343 Å². The molecule has 0 saturated carbocycles. The Morgan fingerprint density at radius 3 is 1.20 bits per heavy atom. The average molecular weight is 2200 g/mol. The lowest BCUT2D eigenvalue weighted by atomic mass is 9.93. The number of carbonyl (C=O) groups is 3. The number of anilines is 2. The van der Waals surface area contributed by atoms with Crippen molar-refractivity contribution in [3.63, 3.8) is 0 Å². The predicted molar refractivity (Wildman–Crippen MR) is 571 cm³/mol. The highest BCUT2D eigenvalue weighted by Gasteiger charge is 2.49. The van der Waals surface area contributed by atoms with Gasteiger partial charge in [0.2, 0.25) is 5.96 Å². The number of rotatable bonds is 22. The number of amides is 2. The molecule has 0 bridgehead atoms. The summed E-state index contributed by atoms with van der Waals surface area (Å²) in [5.41, 5.74) is 15.9. The minimum absolute atomic E-state index is 0. The Balaban J connectivity index is 0.000000168. The summed E-state index contributed by atoms with van der Waals surface area (Å²) in [5, 5.41) is 23.1. The van der Waals surface area contributed by atoms with Gasteiger partial charge in [-0.1, -0.05) is 348 Å². The normalized spacial score (nSPS) is 16.9. The lowest BCUT2D eigenvalue weighted by molar-refractivity contribution is -0.146. The van der Waals surface area contributed by atoms with Gasteiger partial charge in [-0.3, -0.25) is 24.0 Å². The van der Waals surface area contributed by atoms with Gasteiger partial charge in [0.25, 0.3) is 11.8 Å². The van der Waals surface area contributed by atoms with E-state index in [2.05, 4.69) is 283 Å². The number of azide groups is 1. The number of esters is 1. The van der Waals surface area contributed by atoms with E-state index in [0.717, 1.165) is 30.1 Å². The maximum absolute atomic E-state index is 13.6. The van der Waals surface area contributed by atoms with Gasteiger partial charge >= 0.3 is 5.97 Å². The van der Waals surface area contributed by atoms with Crippen molar-refractivity contribution in [1.29, 1.82) is 0 Å². The largest absolute Gasteiger partial charge is 0.468 e. The van der Waals surface area contributed by atoms with Gasteiger partial charge in [0.05, 0.1) is 95.7 Å². The molecule has 12 aromatic rings. The molecule has 34 heteroatoms. The van der Waals surface area contributed by atoms with Crippen LogP contribution in [0.1, 0.15) is 44.9 Å². The first-order valence-corrected chi connectivity index (χ1v) is 50.4. The van der Waals surface area contributed by atoms with E-state index in [1.165, 1.54) is 48.7 Å². The number of halogens is 9. The molecule has 0 aliphatic carbocycles. The first-order chi connectivity index (χ1) is 64.6. The molecule has 5 aliphatic rings. The molecule has 5 heterocycles. The second-order valence-electron chi connectivity index (χ2n) is 30.8. The number of thiocarbonyl (C=S) groups is 2. The molecule has 5 fully saturated rings. The van der Waals surface area contributed by atoms with Gasteiger partial charge in [-0.2, -0.15) is 4.99 Å². The van der Waals surface area contributed by atoms with Crippen molar-refractivity contribution in [3.05, 3.63) is 380 Å². The van der Waals surface area contributed by atoms with Crippen molar-refractivity contribution in [2.75, 3.05) is 76.2 Å². The molecular formula is C101H98Br3Cl6N11O10P2S2. The molecular weight excluding hydrogens is 2110 g/mol. The fraction of sp³-hybridized carbons (Fsp3) is 0.228. The summed E-state index contributed by atoms with van der Waals surface area (Å²) in [4.78, 5) is 51.8. The van der Waals surface area contributed by atoms with Gasteiger partial charge in [0, 0.05) is 83.6 Å².